The van der Waals surface area contributed by atoms with Crippen LogP contribution in [0.2, 0.25) is 0 Å². The Labute approximate surface area is 97.2 Å². The van der Waals surface area contributed by atoms with E-state index in [1.54, 1.807) is 0 Å². The Bertz CT molecular complexity index is 421. The van der Waals surface area contributed by atoms with Crippen molar-refractivity contribution in [2.45, 2.75) is 0 Å². The first-order chi connectivity index (χ1) is 7.57. The average molecular weight is 243 g/mol. The number of carbonyl (C=O) groups is 2. The summed E-state index contributed by atoms with van der Waals surface area (Å²) in [6.45, 7) is 0.303. The number of nitrogens with two attached hydrogens (primary N) is 1. The van der Waals surface area contributed by atoms with Gasteiger partial charge in [0.1, 0.15) is 0 Å². The molecule has 4 N–H and O–H groups in total. The average Bonchev–Trinajstić information content (AvgIpc) is 2.25. The maximum absolute atomic E-state index is 11.6. The van der Waals surface area contributed by atoms with Crippen molar-refractivity contribution in [1.29, 1.82) is 0 Å². The first kappa shape index (κ1) is 12.3. The Kier molecular flexibility index (Phi) is 4.13. The number of nitrogen functional groups attached to an aromatic ring is 1. The molecule has 0 heterocycles. The van der Waals surface area contributed by atoms with Gasteiger partial charge in [-0.2, -0.15) is 0 Å². The van der Waals surface area contributed by atoms with Gasteiger partial charge in [-0.1, -0.05) is 6.07 Å². The first-order valence-electron chi connectivity index (χ1n) is 4.54. The highest BCUT2D eigenvalue weighted by Gasteiger charge is 2.15. The molecule has 16 heavy (non-hydrogen) atoms. The van der Waals surface area contributed by atoms with E-state index < -0.39 is 11.9 Å². The minimum atomic E-state index is -1.16. The van der Waals surface area contributed by atoms with E-state index in [4.69, 9.17) is 22.4 Å². The third-order valence-corrected chi connectivity index (χ3v) is 2.15. The van der Waals surface area contributed by atoms with Crippen LogP contribution in [0.1, 0.15) is 20.7 Å². The van der Waals surface area contributed by atoms with Crippen LogP contribution in [0.3, 0.4) is 0 Å². The van der Waals surface area contributed by atoms with Crippen LogP contribution in [0.15, 0.2) is 18.2 Å². The molecule has 0 atom stereocenters. The van der Waals surface area contributed by atoms with Gasteiger partial charge < -0.3 is 16.2 Å². The molecule has 0 radical (unpaired) electrons. The summed E-state index contributed by atoms with van der Waals surface area (Å²) < 4.78 is 0. The number of para-hydroxylation sites is 1. The molecule has 1 rings (SSSR count). The number of rotatable bonds is 4. The Hall–Kier alpha value is -1.75. The number of anilines is 1. The first-order valence-corrected chi connectivity index (χ1v) is 5.07. The van der Waals surface area contributed by atoms with Crippen molar-refractivity contribution in [3.63, 3.8) is 0 Å². The molecule has 0 fully saturated rings. The van der Waals surface area contributed by atoms with Crippen LogP contribution in [0.25, 0.3) is 0 Å². The summed E-state index contributed by atoms with van der Waals surface area (Å²) in [5.41, 5.74) is 5.60. The topological polar surface area (TPSA) is 92.4 Å². The molecular weight excluding hydrogens is 232 g/mol. The molecule has 0 saturated heterocycles. The fourth-order valence-electron chi connectivity index (χ4n) is 1.21. The molecule has 0 aromatic heterocycles. The lowest BCUT2D eigenvalue weighted by atomic mass is 10.1. The fourth-order valence-corrected chi connectivity index (χ4v) is 1.30. The van der Waals surface area contributed by atoms with Gasteiger partial charge in [0.2, 0.25) is 0 Å². The van der Waals surface area contributed by atoms with Gasteiger partial charge in [-0.25, -0.2) is 4.79 Å². The zero-order valence-corrected chi connectivity index (χ0v) is 9.12. The van der Waals surface area contributed by atoms with E-state index in [0.717, 1.165) is 0 Å². The van der Waals surface area contributed by atoms with Crippen molar-refractivity contribution in [2.24, 2.45) is 0 Å². The van der Waals surface area contributed by atoms with Gasteiger partial charge >= 0.3 is 5.97 Å². The highest BCUT2D eigenvalue weighted by atomic mass is 35.5. The number of amides is 1. The minimum absolute atomic E-state index is 0.0397. The number of alkyl halides is 1. The van der Waals surface area contributed by atoms with Crippen molar-refractivity contribution in [2.75, 3.05) is 18.2 Å². The second-order valence-corrected chi connectivity index (χ2v) is 3.39. The van der Waals surface area contributed by atoms with Crippen LogP contribution in [0, 0.1) is 0 Å². The van der Waals surface area contributed by atoms with Gasteiger partial charge in [0.15, 0.2) is 0 Å². The molecule has 5 nitrogen and oxygen atoms in total. The maximum Gasteiger partial charge on any atom is 0.337 e. The third-order valence-electron chi connectivity index (χ3n) is 1.96. The number of aromatic carboxylic acids is 1. The lowest BCUT2D eigenvalue weighted by Gasteiger charge is -2.08. The number of nitrogens with one attached hydrogen (secondary N) is 1. The van der Waals surface area contributed by atoms with E-state index in [2.05, 4.69) is 5.32 Å². The fraction of sp³-hybridized carbons (Fsp3) is 0.200. The molecule has 0 unspecified atom stereocenters. The quantitative estimate of drug-likeness (QED) is 0.541. The van der Waals surface area contributed by atoms with Crippen molar-refractivity contribution in [3.8, 4) is 0 Å². The number of hydrogen-bond donors (Lipinski definition) is 3. The number of benzene rings is 1. The molecule has 0 aliphatic heterocycles. The van der Waals surface area contributed by atoms with Crippen molar-refractivity contribution < 1.29 is 14.7 Å². The summed E-state index contributed by atoms with van der Waals surface area (Å²) in [5.74, 6) is -1.31. The van der Waals surface area contributed by atoms with E-state index in [-0.39, 0.29) is 22.7 Å². The van der Waals surface area contributed by atoms with E-state index in [0.29, 0.717) is 6.54 Å². The SMILES string of the molecule is Nc1c(C(=O)O)cccc1C(=O)NCCCl. The molecule has 1 amide bonds. The zero-order valence-electron chi connectivity index (χ0n) is 8.37. The monoisotopic (exact) mass is 242 g/mol. The van der Waals surface area contributed by atoms with Crippen molar-refractivity contribution in [1.82, 2.24) is 5.32 Å². The summed E-state index contributed by atoms with van der Waals surface area (Å²) in [7, 11) is 0. The molecule has 0 saturated carbocycles. The lowest BCUT2D eigenvalue weighted by molar-refractivity contribution is 0.0698. The normalized spacial score (nSPS) is 9.81. The number of halogens is 1. The standard InChI is InChI=1S/C10H11ClN2O3/c11-4-5-13-9(14)6-2-1-3-7(8(6)12)10(15)16/h1-3H,4-5,12H2,(H,13,14)(H,15,16). The van der Waals surface area contributed by atoms with Gasteiger partial charge in [-0.05, 0) is 12.1 Å². The Balaban J connectivity index is 3.01. The molecule has 1 aromatic carbocycles. The van der Waals surface area contributed by atoms with Gasteiger partial charge in [0, 0.05) is 12.4 Å². The summed E-state index contributed by atoms with van der Waals surface area (Å²) in [4.78, 5) is 22.3. The Morgan fingerprint density at radius 2 is 2.00 bits per heavy atom. The highest BCUT2D eigenvalue weighted by Crippen LogP contribution is 2.17. The molecule has 6 heteroatoms. The Morgan fingerprint density at radius 1 is 1.38 bits per heavy atom. The summed E-state index contributed by atoms with van der Waals surface area (Å²) in [6.07, 6.45) is 0. The van der Waals surface area contributed by atoms with Gasteiger partial charge in [0.25, 0.3) is 5.91 Å². The van der Waals surface area contributed by atoms with Crippen LogP contribution in [0.5, 0.6) is 0 Å². The van der Waals surface area contributed by atoms with Crippen LogP contribution < -0.4 is 11.1 Å². The molecule has 86 valence electrons. The number of carboxylic acid groups (broad SMARTS) is 1. The predicted molar refractivity (Wildman–Crippen MR) is 60.9 cm³/mol. The molecule has 0 aliphatic carbocycles. The zero-order chi connectivity index (χ0) is 12.1. The van der Waals surface area contributed by atoms with E-state index >= 15 is 0 Å². The summed E-state index contributed by atoms with van der Waals surface area (Å²) in [5, 5.41) is 11.3. The second kappa shape index (κ2) is 5.37. The second-order valence-electron chi connectivity index (χ2n) is 3.02. The van der Waals surface area contributed by atoms with Crippen molar-refractivity contribution in [3.05, 3.63) is 29.3 Å². The Morgan fingerprint density at radius 3 is 2.56 bits per heavy atom. The molecular formula is C10H11ClN2O3. The van der Waals surface area contributed by atoms with E-state index in [1.165, 1.54) is 18.2 Å². The minimum Gasteiger partial charge on any atom is -0.478 e. The highest BCUT2D eigenvalue weighted by molar-refractivity contribution is 6.18. The van der Waals surface area contributed by atoms with Gasteiger partial charge in [-0.15, -0.1) is 11.6 Å². The third kappa shape index (κ3) is 2.64. The van der Waals surface area contributed by atoms with Crippen LogP contribution in [-0.4, -0.2) is 29.4 Å². The van der Waals surface area contributed by atoms with Gasteiger partial charge in [-0.3, -0.25) is 4.79 Å². The van der Waals surface area contributed by atoms with E-state index in [1.807, 2.05) is 0 Å². The molecule has 0 aliphatic rings. The number of carbonyl (C=O) groups excluding carboxylic acids is 1. The molecule has 0 spiro atoms. The largest absolute Gasteiger partial charge is 0.478 e. The van der Waals surface area contributed by atoms with Gasteiger partial charge in [0.05, 0.1) is 16.8 Å². The molecule has 1 aromatic rings. The predicted octanol–water partition coefficient (Wildman–Crippen LogP) is 0.936. The summed E-state index contributed by atoms with van der Waals surface area (Å²) in [6, 6.07) is 4.27. The number of hydrogen-bond acceptors (Lipinski definition) is 3. The molecule has 0 bridgehead atoms. The maximum atomic E-state index is 11.6. The number of carboxylic acids is 1. The van der Waals surface area contributed by atoms with Crippen LogP contribution in [0.4, 0.5) is 5.69 Å². The lowest BCUT2D eigenvalue weighted by Crippen LogP contribution is -2.26. The van der Waals surface area contributed by atoms with Crippen LogP contribution >= 0.6 is 11.6 Å². The van der Waals surface area contributed by atoms with Crippen LogP contribution in [-0.2, 0) is 0 Å². The summed E-state index contributed by atoms with van der Waals surface area (Å²) >= 11 is 5.41. The smallest absolute Gasteiger partial charge is 0.337 e. The van der Waals surface area contributed by atoms with Crippen molar-refractivity contribution >= 4 is 29.2 Å². The van der Waals surface area contributed by atoms with E-state index in [9.17, 15) is 9.59 Å².